The molecular weight excluding hydrogens is 242 g/mol. The summed E-state index contributed by atoms with van der Waals surface area (Å²) in [6.07, 6.45) is 2.81. The number of ether oxygens (including phenoxy) is 1. The molecule has 2 fully saturated rings. The number of hydrogen-bond acceptors (Lipinski definition) is 3. The van der Waals surface area contributed by atoms with Crippen LogP contribution in [0.25, 0.3) is 0 Å². The highest BCUT2D eigenvalue weighted by molar-refractivity contribution is 5.74. The van der Waals surface area contributed by atoms with E-state index in [1.54, 1.807) is 0 Å². The van der Waals surface area contributed by atoms with Crippen LogP contribution in [0, 0.1) is 0 Å². The molecule has 1 unspecified atom stereocenters. The first-order valence-electron chi connectivity index (χ1n) is 7.20. The Morgan fingerprint density at radius 2 is 1.68 bits per heavy atom. The molecular formula is C14H27N3O2. The van der Waals surface area contributed by atoms with Crippen molar-refractivity contribution in [1.82, 2.24) is 16.0 Å². The molecule has 0 aromatic carbocycles. The number of nitrogens with one attached hydrogen (secondary N) is 3. The summed E-state index contributed by atoms with van der Waals surface area (Å²) >= 11 is 0. The molecule has 0 aliphatic carbocycles. The van der Waals surface area contributed by atoms with Crippen LogP contribution in [0.3, 0.4) is 0 Å². The number of amides is 2. The van der Waals surface area contributed by atoms with Gasteiger partial charge in [0.1, 0.15) is 0 Å². The van der Waals surface area contributed by atoms with Crippen LogP contribution in [0.4, 0.5) is 4.79 Å². The molecule has 0 saturated carbocycles. The van der Waals surface area contributed by atoms with E-state index in [9.17, 15) is 4.79 Å². The van der Waals surface area contributed by atoms with Crippen molar-refractivity contribution in [1.29, 1.82) is 0 Å². The Bertz CT molecular complexity index is 320. The summed E-state index contributed by atoms with van der Waals surface area (Å²) in [7, 11) is 0. The second kappa shape index (κ2) is 5.29. The van der Waals surface area contributed by atoms with Gasteiger partial charge in [-0.05, 0) is 47.0 Å². The van der Waals surface area contributed by atoms with E-state index < -0.39 is 0 Å². The Hall–Kier alpha value is -0.810. The van der Waals surface area contributed by atoms with Crippen molar-refractivity contribution in [2.75, 3.05) is 13.2 Å². The number of hydrogen-bond donors (Lipinski definition) is 3. The van der Waals surface area contributed by atoms with Crippen LogP contribution in [0.5, 0.6) is 0 Å². The van der Waals surface area contributed by atoms with E-state index in [2.05, 4.69) is 43.6 Å². The third-order valence-corrected chi connectivity index (χ3v) is 3.79. The molecule has 0 aromatic heterocycles. The fraction of sp³-hybridized carbons (Fsp3) is 0.929. The monoisotopic (exact) mass is 269 g/mol. The Morgan fingerprint density at radius 3 is 2.21 bits per heavy atom. The fourth-order valence-electron chi connectivity index (χ4n) is 3.49. The molecule has 2 aliphatic heterocycles. The molecule has 2 amide bonds. The van der Waals surface area contributed by atoms with Crippen LogP contribution >= 0.6 is 0 Å². The smallest absolute Gasteiger partial charge is 0.315 e. The van der Waals surface area contributed by atoms with Gasteiger partial charge in [0.25, 0.3) is 0 Å². The van der Waals surface area contributed by atoms with Crippen LogP contribution in [-0.4, -0.2) is 42.4 Å². The van der Waals surface area contributed by atoms with Gasteiger partial charge in [-0.1, -0.05) is 0 Å². The van der Waals surface area contributed by atoms with Crippen molar-refractivity contribution < 1.29 is 9.53 Å². The summed E-state index contributed by atoms with van der Waals surface area (Å²) in [5, 5.41) is 9.71. The van der Waals surface area contributed by atoms with Crippen molar-refractivity contribution >= 4 is 6.03 Å². The van der Waals surface area contributed by atoms with Gasteiger partial charge in [0, 0.05) is 23.7 Å². The zero-order valence-electron chi connectivity index (χ0n) is 12.5. The van der Waals surface area contributed by atoms with Gasteiger partial charge in [0.05, 0.1) is 12.6 Å². The first kappa shape index (κ1) is 14.6. The van der Waals surface area contributed by atoms with Crippen molar-refractivity contribution in [3.05, 3.63) is 0 Å². The maximum absolute atomic E-state index is 12.0. The maximum atomic E-state index is 12.0. The Morgan fingerprint density at radius 1 is 1.11 bits per heavy atom. The average molecular weight is 269 g/mol. The quantitative estimate of drug-likeness (QED) is 0.710. The molecule has 0 radical (unpaired) electrons. The molecule has 110 valence electrons. The molecule has 2 saturated heterocycles. The van der Waals surface area contributed by atoms with Gasteiger partial charge in [-0.15, -0.1) is 0 Å². The van der Waals surface area contributed by atoms with Crippen LogP contribution in [0.1, 0.15) is 47.0 Å². The van der Waals surface area contributed by atoms with Crippen LogP contribution < -0.4 is 16.0 Å². The summed E-state index contributed by atoms with van der Waals surface area (Å²) < 4.78 is 5.26. The molecule has 0 aromatic rings. The van der Waals surface area contributed by atoms with Gasteiger partial charge < -0.3 is 20.7 Å². The standard InChI is InChI=1S/C14H27N3O2/c1-13(2)7-11(8-14(3,4)17-13)16-12(18)15-10-5-6-19-9-10/h10-11,17H,5-9H2,1-4H3,(H2,15,16,18). The van der Waals surface area contributed by atoms with E-state index in [4.69, 9.17) is 4.74 Å². The first-order chi connectivity index (χ1) is 8.76. The zero-order chi connectivity index (χ0) is 14.1. The number of rotatable bonds is 2. The van der Waals surface area contributed by atoms with Crippen LogP contribution in [-0.2, 0) is 4.74 Å². The SMILES string of the molecule is CC1(C)CC(NC(=O)NC2CCOC2)CC(C)(C)N1. The van der Waals surface area contributed by atoms with E-state index >= 15 is 0 Å². The second-order valence-electron chi connectivity index (χ2n) is 7.18. The summed E-state index contributed by atoms with van der Waals surface area (Å²) in [5.74, 6) is 0. The fourth-order valence-corrected chi connectivity index (χ4v) is 3.49. The molecule has 1 atom stereocenters. The highest BCUT2D eigenvalue weighted by atomic mass is 16.5. The normalized spacial score (nSPS) is 30.0. The van der Waals surface area contributed by atoms with Crippen LogP contribution in [0.2, 0.25) is 0 Å². The van der Waals surface area contributed by atoms with Gasteiger partial charge in [-0.2, -0.15) is 0 Å². The summed E-state index contributed by atoms with van der Waals surface area (Å²) in [6.45, 7) is 10.1. The number of piperidine rings is 1. The molecule has 2 rings (SSSR count). The predicted octanol–water partition coefficient (Wildman–Crippen LogP) is 1.38. The van der Waals surface area contributed by atoms with Crippen molar-refractivity contribution in [3.63, 3.8) is 0 Å². The summed E-state index contributed by atoms with van der Waals surface area (Å²) in [5.41, 5.74) is 0.104. The van der Waals surface area contributed by atoms with Gasteiger partial charge in [-0.3, -0.25) is 0 Å². The maximum Gasteiger partial charge on any atom is 0.315 e. The van der Waals surface area contributed by atoms with Gasteiger partial charge in [0.2, 0.25) is 0 Å². The highest BCUT2D eigenvalue weighted by Crippen LogP contribution is 2.28. The largest absolute Gasteiger partial charge is 0.379 e. The second-order valence-corrected chi connectivity index (χ2v) is 7.18. The van der Waals surface area contributed by atoms with Gasteiger partial charge in [-0.25, -0.2) is 4.79 Å². The number of carbonyl (C=O) groups is 1. The molecule has 3 N–H and O–H groups in total. The third-order valence-electron chi connectivity index (χ3n) is 3.79. The van der Waals surface area contributed by atoms with Crippen molar-refractivity contribution in [3.8, 4) is 0 Å². The lowest BCUT2D eigenvalue weighted by molar-refractivity contribution is 0.146. The highest BCUT2D eigenvalue weighted by Gasteiger charge is 2.38. The van der Waals surface area contributed by atoms with E-state index in [-0.39, 0.29) is 29.2 Å². The minimum atomic E-state index is -0.0611. The lowest BCUT2D eigenvalue weighted by Crippen LogP contribution is -2.63. The first-order valence-corrected chi connectivity index (χ1v) is 7.20. The topological polar surface area (TPSA) is 62.4 Å². The van der Waals surface area contributed by atoms with Gasteiger partial charge >= 0.3 is 6.03 Å². The zero-order valence-corrected chi connectivity index (χ0v) is 12.5. The third kappa shape index (κ3) is 4.35. The van der Waals surface area contributed by atoms with Gasteiger partial charge in [0.15, 0.2) is 0 Å². The predicted molar refractivity (Wildman–Crippen MR) is 75.2 cm³/mol. The lowest BCUT2D eigenvalue weighted by Gasteiger charge is -2.46. The minimum Gasteiger partial charge on any atom is -0.379 e. The molecule has 5 heteroatoms. The van der Waals surface area contributed by atoms with E-state index in [0.717, 1.165) is 25.9 Å². The van der Waals surface area contributed by atoms with Crippen molar-refractivity contribution in [2.24, 2.45) is 0 Å². The molecule has 0 spiro atoms. The number of carbonyl (C=O) groups excluding carboxylic acids is 1. The minimum absolute atomic E-state index is 0.0518. The van der Waals surface area contributed by atoms with E-state index in [1.165, 1.54) is 0 Å². The Balaban J connectivity index is 1.85. The Kier molecular flexibility index (Phi) is 4.06. The van der Waals surface area contributed by atoms with E-state index in [1.807, 2.05) is 0 Å². The summed E-state index contributed by atoms with van der Waals surface area (Å²) in [4.78, 5) is 12.0. The Labute approximate surface area is 115 Å². The molecule has 2 aliphatic rings. The van der Waals surface area contributed by atoms with Crippen molar-refractivity contribution in [2.45, 2.75) is 70.1 Å². The molecule has 2 heterocycles. The molecule has 19 heavy (non-hydrogen) atoms. The average Bonchev–Trinajstić information content (AvgIpc) is 2.63. The molecule has 0 bridgehead atoms. The lowest BCUT2D eigenvalue weighted by atomic mass is 9.80. The summed E-state index contributed by atoms with van der Waals surface area (Å²) in [6, 6.07) is 0.324. The molecule has 5 nitrogen and oxygen atoms in total. The number of urea groups is 1. The van der Waals surface area contributed by atoms with Crippen LogP contribution in [0.15, 0.2) is 0 Å². The van der Waals surface area contributed by atoms with E-state index in [0.29, 0.717) is 6.61 Å².